The Hall–Kier alpha value is -3.88. The van der Waals surface area contributed by atoms with Crippen LogP contribution in [0.15, 0.2) is 66.9 Å². The van der Waals surface area contributed by atoms with Crippen molar-refractivity contribution in [3.8, 4) is 0 Å². The lowest BCUT2D eigenvalue weighted by Crippen LogP contribution is -2.35. The molecule has 3 aromatic rings. The van der Waals surface area contributed by atoms with Gasteiger partial charge in [-0.05, 0) is 61.9 Å². The lowest BCUT2D eigenvalue weighted by Gasteiger charge is -2.23. The van der Waals surface area contributed by atoms with E-state index in [2.05, 4.69) is 10.3 Å². The summed E-state index contributed by atoms with van der Waals surface area (Å²) in [5, 5.41) is 2.83. The monoisotopic (exact) mass is 482 g/mol. The minimum atomic E-state index is -4.43. The number of halogens is 3. The third kappa shape index (κ3) is 5.98. The van der Waals surface area contributed by atoms with Crippen LogP contribution in [0.2, 0.25) is 0 Å². The molecule has 1 saturated heterocycles. The van der Waals surface area contributed by atoms with E-state index in [1.165, 1.54) is 12.1 Å². The van der Waals surface area contributed by atoms with Crippen LogP contribution in [-0.4, -0.2) is 47.9 Å². The number of pyridine rings is 1. The van der Waals surface area contributed by atoms with Crippen molar-refractivity contribution in [3.63, 3.8) is 0 Å². The van der Waals surface area contributed by atoms with E-state index >= 15 is 0 Å². The molecule has 0 saturated carbocycles. The molecular weight excluding hydrogens is 457 g/mol. The Bertz CT molecular complexity index is 1180. The molecule has 2 amide bonds. The Morgan fingerprint density at radius 2 is 1.54 bits per heavy atom. The van der Waals surface area contributed by atoms with E-state index in [9.17, 15) is 22.8 Å². The highest BCUT2D eigenvalue weighted by atomic mass is 19.4. The van der Waals surface area contributed by atoms with E-state index in [0.29, 0.717) is 43.9 Å². The lowest BCUT2D eigenvalue weighted by molar-refractivity contribution is -0.137. The zero-order valence-electron chi connectivity index (χ0n) is 19.2. The van der Waals surface area contributed by atoms with Crippen LogP contribution in [0.1, 0.15) is 38.3 Å². The van der Waals surface area contributed by atoms with E-state index in [0.717, 1.165) is 23.5 Å². The van der Waals surface area contributed by atoms with Crippen molar-refractivity contribution in [1.82, 2.24) is 9.88 Å². The van der Waals surface area contributed by atoms with E-state index in [1.807, 2.05) is 30.0 Å². The van der Waals surface area contributed by atoms with Gasteiger partial charge in [0.2, 0.25) is 0 Å². The molecule has 0 radical (unpaired) electrons. The van der Waals surface area contributed by atoms with E-state index in [4.69, 9.17) is 0 Å². The smallest absolute Gasteiger partial charge is 0.355 e. The Kier molecular flexibility index (Phi) is 7.04. The zero-order chi connectivity index (χ0) is 25.0. The second kappa shape index (κ2) is 10.2. The molecule has 1 N–H and O–H groups in total. The number of aromatic nitrogens is 1. The van der Waals surface area contributed by atoms with Gasteiger partial charge in [0.05, 0.1) is 17.4 Å². The third-order valence-corrected chi connectivity index (χ3v) is 5.89. The summed E-state index contributed by atoms with van der Waals surface area (Å²) in [6, 6.07) is 15.2. The normalized spacial score (nSPS) is 14.4. The summed E-state index contributed by atoms with van der Waals surface area (Å²) < 4.78 is 38.4. The van der Waals surface area contributed by atoms with Crippen LogP contribution < -0.4 is 10.2 Å². The van der Waals surface area contributed by atoms with Crippen LogP contribution in [0.25, 0.3) is 0 Å². The highest BCUT2D eigenvalue weighted by molar-refractivity contribution is 6.04. The average molecular weight is 483 g/mol. The molecule has 0 aliphatic carbocycles. The van der Waals surface area contributed by atoms with Crippen molar-refractivity contribution in [3.05, 3.63) is 89.1 Å². The van der Waals surface area contributed by atoms with Gasteiger partial charge in [-0.25, -0.2) is 4.98 Å². The van der Waals surface area contributed by atoms with Crippen molar-refractivity contribution in [2.45, 2.75) is 19.5 Å². The maximum Gasteiger partial charge on any atom is 0.416 e. The van der Waals surface area contributed by atoms with Crippen LogP contribution in [0.3, 0.4) is 0 Å². The highest BCUT2D eigenvalue weighted by Crippen LogP contribution is 2.29. The fourth-order valence-corrected chi connectivity index (χ4v) is 3.89. The van der Waals surface area contributed by atoms with Crippen LogP contribution in [-0.2, 0) is 6.18 Å². The van der Waals surface area contributed by atoms with Crippen molar-refractivity contribution in [1.29, 1.82) is 0 Å². The van der Waals surface area contributed by atoms with Crippen molar-refractivity contribution < 1.29 is 22.8 Å². The summed E-state index contributed by atoms with van der Waals surface area (Å²) in [6.07, 6.45) is -2.14. The molecular formula is C26H25F3N4O2. The number of nitrogens with one attached hydrogen (secondary N) is 1. The lowest BCUT2D eigenvalue weighted by atomic mass is 10.1. The Balaban J connectivity index is 1.35. The van der Waals surface area contributed by atoms with Crippen molar-refractivity contribution >= 4 is 23.3 Å². The molecule has 1 aromatic heterocycles. The number of benzene rings is 2. The fraction of sp³-hybridized carbons (Fsp3) is 0.269. The van der Waals surface area contributed by atoms with Crippen molar-refractivity contribution in [2.75, 3.05) is 36.4 Å². The average Bonchev–Trinajstić information content (AvgIpc) is 3.10. The Morgan fingerprint density at radius 1 is 0.857 bits per heavy atom. The molecule has 9 heteroatoms. The molecule has 6 nitrogen and oxygen atoms in total. The molecule has 1 aliphatic rings. The number of amides is 2. The first-order valence-electron chi connectivity index (χ1n) is 11.3. The minimum absolute atomic E-state index is 0.216. The van der Waals surface area contributed by atoms with Gasteiger partial charge in [-0.1, -0.05) is 17.7 Å². The molecule has 1 fully saturated rings. The summed E-state index contributed by atoms with van der Waals surface area (Å²) >= 11 is 0. The number of hydrogen-bond acceptors (Lipinski definition) is 4. The molecule has 1 aliphatic heterocycles. The van der Waals surface area contributed by atoms with Crippen molar-refractivity contribution in [2.24, 2.45) is 0 Å². The number of carbonyl (C=O) groups is 2. The summed E-state index contributed by atoms with van der Waals surface area (Å²) in [5.41, 5.74) is 1.67. The predicted molar refractivity (Wildman–Crippen MR) is 128 cm³/mol. The van der Waals surface area contributed by atoms with Crippen LogP contribution in [0, 0.1) is 6.92 Å². The number of aryl methyl sites for hydroxylation is 1. The molecule has 0 unspecified atom stereocenters. The topological polar surface area (TPSA) is 65.5 Å². The summed E-state index contributed by atoms with van der Waals surface area (Å²) in [4.78, 5) is 33.4. The van der Waals surface area contributed by atoms with E-state index < -0.39 is 11.7 Å². The second-order valence-corrected chi connectivity index (χ2v) is 8.43. The number of hydrogen-bond donors (Lipinski definition) is 1. The molecule has 182 valence electrons. The number of carbonyl (C=O) groups excluding carboxylic acids is 2. The molecule has 0 atom stereocenters. The van der Waals surface area contributed by atoms with Gasteiger partial charge in [-0.3, -0.25) is 9.59 Å². The molecule has 2 heterocycles. The highest BCUT2D eigenvalue weighted by Gasteiger charge is 2.30. The molecule has 0 spiro atoms. The first-order chi connectivity index (χ1) is 16.7. The molecule has 0 bridgehead atoms. The maximum atomic E-state index is 12.8. The standard InChI is InChI=1S/C26H25F3N4O2/c1-18-3-5-19(6-4-18)24(34)31-22-11-12-23(30-17-22)32-13-2-14-33(16-15-32)25(35)20-7-9-21(10-8-20)26(27,28)29/h3-12,17H,2,13-16H2,1H3,(H,31,34). The number of anilines is 2. The largest absolute Gasteiger partial charge is 0.416 e. The van der Waals surface area contributed by atoms with E-state index in [-0.39, 0.29) is 17.4 Å². The molecule has 35 heavy (non-hydrogen) atoms. The van der Waals surface area contributed by atoms with Gasteiger partial charge >= 0.3 is 6.18 Å². The summed E-state index contributed by atoms with van der Waals surface area (Å²) in [5.74, 6) is 0.219. The minimum Gasteiger partial charge on any atom is -0.355 e. The van der Waals surface area contributed by atoms with Gasteiger partial charge in [-0.2, -0.15) is 13.2 Å². The van der Waals surface area contributed by atoms with Crippen LogP contribution >= 0.6 is 0 Å². The predicted octanol–water partition coefficient (Wildman–Crippen LogP) is 5.01. The summed E-state index contributed by atoms with van der Waals surface area (Å²) in [6.45, 7) is 4.10. The third-order valence-electron chi connectivity index (χ3n) is 5.89. The zero-order valence-corrected chi connectivity index (χ0v) is 19.2. The van der Waals surface area contributed by atoms with Gasteiger partial charge in [0.15, 0.2) is 0 Å². The Morgan fingerprint density at radius 3 is 2.17 bits per heavy atom. The van der Waals surface area contributed by atoms with E-state index in [1.54, 1.807) is 29.3 Å². The fourth-order valence-electron chi connectivity index (χ4n) is 3.89. The SMILES string of the molecule is Cc1ccc(C(=O)Nc2ccc(N3CCCN(C(=O)c4ccc(C(F)(F)F)cc4)CC3)nc2)cc1. The van der Waals surface area contributed by atoms with Gasteiger partial charge in [0.25, 0.3) is 11.8 Å². The Labute approximate surface area is 201 Å². The number of rotatable bonds is 4. The summed E-state index contributed by atoms with van der Waals surface area (Å²) in [7, 11) is 0. The van der Waals surface area contributed by atoms with Gasteiger partial charge < -0.3 is 15.1 Å². The van der Waals surface area contributed by atoms with Crippen LogP contribution in [0.4, 0.5) is 24.7 Å². The van der Waals surface area contributed by atoms with Gasteiger partial charge in [0, 0.05) is 37.3 Å². The first-order valence-corrected chi connectivity index (χ1v) is 11.3. The van der Waals surface area contributed by atoms with Gasteiger partial charge in [-0.15, -0.1) is 0 Å². The second-order valence-electron chi connectivity index (χ2n) is 8.43. The quantitative estimate of drug-likeness (QED) is 0.568. The first kappa shape index (κ1) is 24.3. The number of alkyl halides is 3. The van der Waals surface area contributed by atoms with Crippen LogP contribution in [0.5, 0.6) is 0 Å². The maximum absolute atomic E-state index is 12.8. The molecule has 4 rings (SSSR count). The van der Waals surface area contributed by atoms with Gasteiger partial charge in [0.1, 0.15) is 5.82 Å². The number of nitrogens with zero attached hydrogens (tertiary/aromatic N) is 3. The molecule has 2 aromatic carbocycles.